The van der Waals surface area contributed by atoms with Crippen molar-refractivity contribution in [1.82, 2.24) is 14.9 Å². The molecule has 0 fully saturated rings. The summed E-state index contributed by atoms with van der Waals surface area (Å²) in [5.74, 6) is 2.31. The van der Waals surface area contributed by atoms with Crippen LogP contribution in [0.5, 0.6) is 23.3 Å². The Kier molecular flexibility index (Phi) is 7.38. The summed E-state index contributed by atoms with van der Waals surface area (Å²) in [5, 5.41) is 4.76. The molecule has 0 aliphatic rings. The van der Waals surface area contributed by atoms with Crippen molar-refractivity contribution in [3.63, 3.8) is 0 Å². The Morgan fingerprint density at radius 1 is 1.11 bits per heavy atom. The minimum Gasteiger partial charge on any atom is -0.496 e. The van der Waals surface area contributed by atoms with E-state index in [2.05, 4.69) is 32.6 Å². The summed E-state index contributed by atoms with van der Waals surface area (Å²) in [5.41, 5.74) is 1.60. The van der Waals surface area contributed by atoms with Crippen LogP contribution < -0.4 is 23.7 Å². The number of oxazole rings is 1. The Bertz CT molecular complexity index is 1430. The van der Waals surface area contributed by atoms with E-state index in [1.807, 2.05) is 12.1 Å². The van der Waals surface area contributed by atoms with Crippen LogP contribution in [0.1, 0.15) is 18.2 Å². The molecule has 0 spiro atoms. The second-order valence-corrected chi connectivity index (χ2v) is 10.0. The molecular formula is C22H24N4O7S2. The summed E-state index contributed by atoms with van der Waals surface area (Å²) in [7, 11) is -0.213. The predicted molar refractivity (Wildman–Crippen MR) is 131 cm³/mol. The number of benzene rings is 2. The highest BCUT2D eigenvalue weighted by atomic mass is 32.2. The van der Waals surface area contributed by atoms with E-state index in [9.17, 15) is 8.42 Å². The molecule has 11 nitrogen and oxygen atoms in total. The van der Waals surface area contributed by atoms with Gasteiger partial charge < -0.3 is 27.9 Å². The van der Waals surface area contributed by atoms with E-state index in [1.165, 1.54) is 30.8 Å². The maximum Gasteiger partial charge on any atom is 0.399 e. The number of sulfonamides is 1. The van der Waals surface area contributed by atoms with Crippen molar-refractivity contribution < 1.29 is 31.6 Å². The molecule has 0 aliphatic heterocycles. The van der Waals surface area contributed by atoms with Crippen LogP contribution in [0.2, 0.25) is 0 Å². The number of hydrogen-bond donors (Lipinski definition) is 2. The quantitative estimate of drug-likeness (QED) is 0.273. The molecule has 13 heteroatoms. The lowest BCUT2D eigenvalue weighted by Gasteiger charge is -2.10. The molecule has 0 amide bonds. The first-order chi connectivity index (χ1) is 16.8. The van der Waals surface area contributed by atoms with Gasteiger partial charge in [-0.05, 0) is 36.1 Å². The van der Waals surface area contributed by atoms with E-state index in [0.29, 0.717) is 34.0 Å². The number of anilines is 1. The maximum absolute atomic E-state index is 11.2. The van der Waals surface area contributed by atoms with E-state index in [0.717, 1.165) is 23.3 Å². The number of nitrogens with one attached hydrogen (secondary N) is 2. The smallest absolute Gasteiger partial charge is 0.399 e. The van der Waals surface area contributed by atoms with Crippen LogP contribution in [0.15, 0.2) is 50.4 Å². The van der Waals surface area contributed by atoms with E-state index in [1.54, 1.807) is 19.2 Å². The fourth-order valence-corrected chi connectivity index (χ4v) is 4.36. The minimum absolute atomic E-state index is 0.0434. The first kappa shape index (κ1) is 24.7. The zero-order valence-electron chi connectivity index (χ0n) is 19.4. The zero-order valence-corrected chi connectivity index (χ0v) is 21.1. The Hall–Kier alpha value is -3.42. The highest BCUT2D eigenvalue weighted by molar-refractivity contribution is 8.00. The molecule has 0 aliphatic carbocycles. The van der Waals surface area contributed by atoms with Crippen LogP contribution in [-0.4, -0.2) is 39.0 Å². The molecule has 4 aromatic rings. The third-order valence-corrected chi connectivity index (χ3v) is 6.37. The van der Waals surface area contributed by atoms with E-state index in [-0.39, 0.29) is 12.6 Å². The van der Waals surface area contributed by atoms with Crippen molar-refractivity contribution in [2.45, 2.75) is 24.8 Å². The standard InChI is InChI=1S/C22H24N4O7S2/c1-5-13-6-7-16(29-2)19(8-13)34-26-21-20-17(30-3)9-14(10-18(20)33-25-21)31-22-23-11-15(32-22)12-24-35(4,27)28/h6-11,24H,5,12H2,1-4H3,(H,25,26). The fraction of sp³-hybridized carbons (Fsp3) is 0.273. The van der Waals surface area contributed by atoms with Crippen LogP contribution in [-0.2, 0) is 23.0 Å². The number of ether oxygens (including phenoxy) is 3. The molecule has 2 aromatic heterocycles. The SMILES string of the molecule is CCc1ccc(OC)c(SNc2noc3cc(Oc4ncc(CNS(C)(=O)=O)o4)cc(OC)c23)c1. The Morgan fingerprint density at radius 2 is 1.91 bits per heavy atom. The largest absolute Gasteiger partial charge is 0.496 e. The number of rotatable bonds is 11. The van der Waals surface area contributed by atoms with Gasteiger partial charge in [0.1, 0.15) is 28.4 Å². The molecule has 0 saturated carbocycles. The Morgan fingerprint density at radius 3 is 2.63 bits per heavy atom. The van der Waals surface area contributed by atoms with Crippen molar-refractivity contribution >= 4 is 38.8 Å². The molecular weight excluding hydrogens is 496 g/mol. The number of hydrogen-bond acceptors (Lipinski definition) is 11. The maximum atomic E-state index is 11.2. The molecule has 2 aromatic carbocycles. The normalized spacial score (nSPS) is 11.5. The van der Waals surface area contributed by atoms with Crippen LogP contribution in [0.4, 0.5) is 5.82 Å². The summed E-state index contributed by atoms with van der Waals surface area (Å²) in [4.78, 5) is 4.92. The van der Waals surface area contributed by atoms with Gasteiger partial charge in [0.05, 0.1) is 38.1 Å². The lowest BCUT2D eigenvalue weighted by atomic mass is 10.2. The van der Waals surface area contributed by atoms with Gasteiger partial charge in [0, 0.05) is 12.1 Å². The van der Waals surface area contributed by atoms with Gasteiger partial charge in [-0.1, -0.05) is 18.1 Å². The van der Waals surface area contributed by atoms with Gasteiger partial charge in [0.25, 0.3) is 0 Å². The third-order valence-electron chi connectivity index (χ3n) is 4.87. The van der Waals surface area contributed by atoms with Crippen molar-refractivity contribution in [1.29, 1.82) is 0 Å². The van der Waals surface area contributed by atoms with Crippen molar-refractivity contribution in [3.05, 3.63) is 47.9 Å². The summed E-state index contributed by atoms with van der Waals surface area (Å²) in [6.07, 6.45) is 3.27. The van der Waals surface area contributed by atoms with Crippen molar-refractivity contribution in [3.8, 4) is 23.3 Å². The molecule has 186 valence electrons. The molecule has 0 unspecified atom stereocenters. The average Bonchev–Trinajstić information content (AvgIpc) is 3.47. The zero-order chi connectivity index (χ0) is 25.0. The van der Waals surface area contributed by atoms with E-state index in [4.69, 9.17) is 23.2 Å². The Balaban J connectivity index is 1.53. The monoisotopic (exact) mass is 520 g/mol. The molecule has 0 radical (unpaired) electrons. The second kappa shape index (κ2) is 10.5. The summed E-state index contributed by atoms with van der Waals surface area (Å²) < 4.78 is 55.6. The third kappa shape index (κ3) is 5.99. The molecule has 35 heavy (non-hydrogen) atoms. The van der Waals surface area contributed by atoms with Crippen molar-refractivity contribution in [2.24, 2.45) is 0 Å². The lowest BCUT2D eigenvalue weighted by Crippen LogP contribution is -2.20. The summed E-state index contributed by atoms with van der Waals surface area (Å²) in [6, 6.07) is 9.28. The molecule has 2 heterocycles. The van der Waals surface area contributed by atoms with Crippen LogP contribution >= 0.6 is 11.9 Å². The van der Waals surface area contributed by atoms with Gasteiger partial charge in [0.15, 0.2) is 11.4 Å². The number of nitrogens with zero attached hydrogens (tertiary/aromatic N) is 2. The molecule has 2 N–H and O–H groups in total. The molecule has 0 bridgehead atoms. The summed E-state index contributed by atoms with van der Waals surface area (Å²) >= 11 is 1.35. The van der Waals surface area contributed by atoms with Crippen LogP contribution in [0, 0.1) is 0 Å². The molecule has 4 rings (SSSR count). The van der Waals surface area contributed by atoms with Gasteiger partial charge in [-0.15, -0.1) is 0 Å². The topological polar surface area (TPSA) is 138 Å². The predicted octanol–water partition coefficient (Wildman–Crippen LogP) is 4.36. The van der Waals surface area contributed by atoms with Crippen LogP contribution in [0.25, 0.3) is 11.0 Å². The lowest BCUT2D eigenvalue weighted by molar-refractivity contribution is 0.315. The van der Waals surface area contributed by atoms with Gasteiger partial charge in [0.2, 0.25) is 10.0 Å². The first-order valence-electron chi connectivity index (χ1n) is 10.4. The molecule has 0 saturated heterocycles. The van der Waals surface area contributed by atoms with Crippen LogP contribution in [0.3, 0.4) is 0 Å². The van der Waals surface area contributed by atoms with E-state index >= 15 is 0 Å². The van der Waals surface area contributed by atoms with E-state index < -0.39 is 10.0 Å². The number of fused-ring (bicyclic) bond motifs is 1. The number of aryl methyl sites for hydroxylation is 1. The van der Waals surface area contributed by atoms with Gasteiger partial charge in [-0.25, -0.2) is 13.1 Å². The highest BCUT2D eigenvalue weighted by Crippen LogP contribution is 2.40. The highest BCUT2D eigenvalue weighted by Gasteiger charge is 2.18. The minimum atomic E-state index is -3.36. The van der Waals surface area contributed by atoms with Gasteiger partial charge in [-0.3, -0.25) is 0 Å². The average molecular weight is 521 g/mol. The molecule has 0 atom stereocenters. The second-order valence-electron chi connectivity index (χ2n) is 7.36. The number of methoxy groups -OCH3 is 2. The fourth-order valence-electron chi connectivity index (χ4n) is 3.15. The van der Waals surface area contributed by atoms with Crippen molar-refractivity contribution in [2.75, 3.05) is 25.2 Å². The first-order valence-corrected chi connectivity index (χ1v) is 13.1. The number of aromatic nitrogens is 2. The van der Waals surface area contributed by atoms with Gasteiger partial charge in [-0.2, -0.15) is 4.98 Å². The Labute approximate surface area is 206 Å². The van der Waals surface area contributed by atoms with Gasteiger partial charge >= 0.3 is 6.08 Å². The summed E-state index contributed by atoms with van der Waals surface area (Å²) in [6.45, 7) is 2.04.